The standard InChI is InChI=1S/C6H19NSi2.Pb.2H/c1-7(8(2)3)9(4,5)6;;;/h8H,1-6H3;;;. The minimum atomic E-state index is -0.929. The second-order valence-corrected chi connectivity index (χ2v) is 12.4. The molecule has 0 rings (SSSR count). The molecule has 0 aromatic heterocycles. The molecule has 0 unspecified atom stereocenters. The molecule has 2 radical (unpaired) electrons. The fourth-order valence-electron chi connectivity index (χ4n) is 0.775. The van der Waals surface area contributed by atoms with Crippen molar-refractivity contribution < 1.29 is 0 Å². The van der Waals surface area contributed by atoms with Gasteiger partial charge >= 0.3 is 27.3 Å². The van der Waals surface area contributed by atoms with Gasteiger partial charge in [0.2, 0.25) is 0 Å². The van der Waals surface area contributed by atoms with Crippen molar-refractivity contribution in [2.75, 3.05) is 7.05 Å². The number of hydrogen-bond acceptors (Lipinski definition) is 1. The van der Waals surface area contributed by atoms with E-state index in [-0.39, 0.29) is 27.3 Å². The van der Waals surface area contributed by atoms with Crippen LogP contribution in [0.25, 0.3) is 0 Å². The first-order chi connectivity index (χ1) is 3.85. The van der Waals surface area contributed by atoms with E-state index in [9.17, 15) is 0 Å². The van der Waals surface area contributed by atoms with Gasteiger partial charge in [0.1, 0.15) is 8.24 Å². The molecule has 0 atom stereocenters. The average molecular weight is 371 g/mol. The summed E-state index contributed by atoms with van der Waals surface area (Å²) in [6, 6.07) is 0. The molecule has 0 spiro atoms. The predicted octanol–water partition coefficient (Wildman–Crippen LogP) is 0.820. The summed E-state index contributed by atoms with van der Waals surface area (Å²) in [6.45, 7) is 12.0. The third kappa shape index (κ3) is 5.03. The van der Waals surface area contributed by atoms with Gasteiger partial charge in [-0.25, -0.2) is 0 Å². The molecule has 0 saturated heterocycles. The molecular weight excluding hydrogens is 349 g/mol. The molecule has 0 aliphatic heterocycles. The summed E-state index contributed by atoms with van der Waals surface area (Å²) in [4.78, 5) is 0. The molecule has 0 aromatic carbocycles. The molecule has 0 fully saturated rings. The van der Waals surface area contributed by atoms with Gasteiger partial charge in [0, 0.05) is 0 Å². The van der Waals surface area contributed by atoms with Crippen molar-refractivity contribution in [3.8, 4) is 0 Å². The molecule has 0 aromatic rings. The van der Waals surface area contributed by atoms with Gasteiger partial charge in [-0.2, -0.15) is 0 Å². The Labute approximate surface area is 88.1 Å². The maximum absolute atomic E-state index is 2.63. The van der Waals surface area contributed by atoms with Crippen molar-refractivity contribution in [2.24, 2.45) is 0 Å². The van der Waals surface area contributed by atoms with Crippen molar-refractivity contribution in [1.82, 2.24) is 4.23 Å². The summed E-state index contributed by atoms with van der Waals surface area (Å²) >= 11 is 0. The second-order valence-electron chi connectivity index (χ2n) is 3.88. The van der Waals surface area contributed by atoms with E-state index in [1.807, 2.05) is 0 Å². The summed E-state index contributed by atoms with van der Waals surface area (Å²) in [5.41, 5.74) is 0. The van der Waals surface area contributed by atoms with E-state index in [1.165, 1.54) is 0 Å². The Kier molecular flexibility index (Phi) is 7.01. The van der Waals surface area contributed by atoms with E-state index in [0.29, 0.717) is 0 Å². The molecule has 1 nitrogen and oxygen atoms in total. The molecule has 0 amide bonds. The summed E-state index contributed by atoms with van der Waals surface area (Å²) in [5, 5.41) is 0. The zero-order chi connectivity index (χ0) is 7.65. The average Bonchev–Trinajstić information content (AvgIpc) is 1.62. The molecule has 0 aliphatic rings. The fourth-order valence-corrected chi connectivity index (χ4v) is 6.97. The van der Waals surface area contributed by atoms with Crippen molar-refractivity contribution in [3.63, 3.8) is 0 Å². The maximum atomic E-state index is 2.63. The van der Waals surface area contributed by atoms with Gasteiger partial charge in [-0.05, 0) is 7.05 Å². The van der Waals surface area contributed by atoms with E-state index in [0.717, 1.165) is 0 Å². The molecule has 0 heterocycles. The molecule has 0 aliphatic carbocycles. The van der Waals surface area contributed by atoms with Gasteiger partial charge in [-0.3, -0.25) is 0 Å². The van der Waals surface area contributed by atoms with Gasteiger partial charge in [0.05, 0.1) is 8.96 Å². The van der Waals surface area contributed by atoms with Crippen LogP contribution in [0.2, 0.25) is 32.7 Å². The normalized spacial score (nSPS) is 12.0. The molecular formula is C6H21NPbSi2. The molecule has 0 saturated carbocycles. The topological polar surface area (TPSA) is 3.24 Å². The first-order valence-electron chi connectivity index (χ1n) is 3.58. The minimum absolute atomic E-state index is 0. The van der Waals surface area contributed by atoms with Crippen molar-refractivity contribution >= 4 is 44.5 Å². The van der Waals surface area contributed by atoms with Gasteiger partial charge in [0.25, 0.3) is 0 Å². The third-order valence-electron chi connectivity index (χ3n) is 1.83. The molecule has 62 valence electrons. The summed E-state index contributed by atoms with van der Waals surface area (Å²) < 4.78 is 2.63. The predicted molar refractivity (Wildman–Crippen MR) is 58.5 cm³/mol. The Balaban J connectivity index is 0. The van der Waals surface area contributed by atoms with Crippen LogP contribution in [0.4, 0.5) is 0 Å². The summed E-state index contributed by atoms with van der Waals surface area (Å²) in [5.74, 6) is 0. The van der Waals surface area contributed by atoms with E-state index in [1.54, 1.807) is 0 Å². The number of nitrogens with zero attached hydrogens (tertiary/aromatic N) is 1. The quantitative estimate of drug-likeness (QED) is 0.651. The monoisotopic (exact) mass is 371 g/mol. The van der Waals surface area contributed by atoms with E-state index >= 15 is 0 Å². The van der Waals surface area contributed by atoms with Crippen LogP contribution in [0, 0.1) is 0 Å². The third-order valence-corrected chi connectivity index (χ3v) is 9.37. The van der Waals surface area contributed by atoms with Crippen LogP contribution in [0.1, 0.15) is 0 Å². The SMILES string of the molecule is CN([SiH](C)C)[Si](C)(C)C.[PbH2]. The van der Waals surface area contributed by atoms with Crippen LogP contribution in [-0.4, -0.2) is 55.8 Å². The molecule has 4 heteroatoms. The van der Waals surface area contributed by atoms with E-state index in [4.69, 9.17) is 0 Å². The molecule has 0 N–H and O–H groups in total. The number of rotatable bonds is 2. The fraction of sp³-hybridized carbons (Fsp3) is 1.00. The first kappa shape index (κ1) is 13.9. The van der Waals surface area contributed by atoms with Crippen LogP contribution in [0.5, 0.6) is 0 Å². The first-order valence-corrected chi connectivity index (χ1v) is 9.86. The van der Waals surface area contributed by atoms with Crippen LogP contribution >= 0.6 is 0 Å². The van der Waals surface area contributed by atoms with Crippen molar-refractivity contribution in [2.45, 2.75) is 32.7 Å². The molecule has 0 bridgehead atoms. The zero-order valence-electron chi connectivity index (χ0n) is 8.23. The van der Waals surface area contributed by atoms with Crippen molar-refractivity contribution in [1.29, 1.82) is 0 Å². The number of hydrogen-bond donors (Lipinski definition) is 0. The zero-order valence-corrected chi connectivity index (χ0v) is 15.9. The Bertz CT molecular complexity index is 90.2. The van der Waals surface area contributed by atoms with E-state index in [2.05, 4.69) is 44.0 Å². The van der Waals surface area contributed by atoms with Gasteiger partial charge in [-0.15, -0.1) is 0 Å². The van der Waals surface area contributed by atoms with Crippen LogP contribution in [-0.2, 0) is 0 Å². The molecule has 10 heavy (non-hydrogen) atoms. The van der Waals surface area contributed by atoms with Crippen LogP contribution in [0.3, 0.4) is 0 Å². The van der Waals surface area contributed by atoms with E-state index < -0.39 is 17.2 Å². The Morgan fingerprint density at radius 3 is 1.40 bits per heavy atom. The van der Waals surface area contributed by atoms with Crippen LogP contribution < -0.4 is 0 Å². The van der Waals surface area contributed by atoms with Crippen molar-refractivity contribution in [3.05, 3.63) is 0 Å². The summed E-state index contributed by atoms with van der Waals surface area (Å²) in [6.07, 6.45) is 0. The van der Waals surface area contributed by atoms with Gasteiger partial charge < -0.3 is 4.23 Å². The Morgan fingerprint density at radius 2 is 1.40 bits per heavy atom. The van der Waals surface area contributed by atoms with Crippen LogP contribution in [0.15, 0.2) is 0 Å². The van der Waals surface area contributed by atoms with Gasteiger partial charge in [0.15, 0.2) is 0 Å². The Hall–Kier alpha value is 1.32. The second kappa shape index (κ2) is 5.05. The van der Waals surface area contributed by atoms with Gasteiger partial charge in [-0.1, -0.05) is 32.7 Å². The summed E-state index contributed by atoms with van der Waals surface area (Å²) in [7, 11) is 0.858. The Morgan fingerprint density at radius 1 is 1.10 bits per heavy atom.